The number of amides is 2. The van der Waals surface area contributed by atoms with Crippen LogP contribution in [0, 0.1) is 11.6 Å². The Balaban J connectivity index is 1.36. The van der Waals surface area contributed by atoms with Crippen molar-refractivity contribution in [3.05, 3.63) is 71.3 Å². The Bertz CT molecular complexity index is 1010. The van der Waals surface area contributed by atoms with Gasteiger partial charge in [0, 0.05) is 37.1 Å². The van der Waals surface area contributed by atoms with Gasteiger partial charge in [-0.2, -0.15) is 0 Å². The first-order valence-electron chi connectivity index (χ1n) is 10.7. The summed E-state index contributed by atoms with van der Waals surface area (Å²) >= 11 is 0. The van der Waals surface area contributed by atoms with Crippen molar-refractivity contribution < 1.29 is 23.1 Å². The molecule has 3 fully saturated rings. The second-order valence-corrected chi connectivity index (χ2v) is 8.74. The lowest BCUT2D eigenvalue weighted by Crippen LogP contribution is -2.55. The molecule has 3 aliphatic heterocycles. The summed E-state index contributed by atoms with van der Waals surface area (Å²) in [5.74, 6) is -1.49. The molecule has 2 unspecified atom stereocenters. The van der Waals surface area contributed by atoms with E-state index in [1.807, 2.05) is 25.1 Å². The maximum absolute atomic E-state index is 13.8. The van der Waals surface area contributed by atoms with Gasteiger partial charge < -0.3 is 14.5 Å². The van der Waals surface area contributed by atoms with Gasteiger partial charge in [0.2, 0.25) is 0 Å². The Morgan fingerprint density at radius 2 is 1.81 bits per heavy atom. The molecule has 4 atom stereocenters. The number of rotatable bonds is 2. The third kappa shape index (κ3) is 3.31. The standard InChI is InChI=1S/C24H24F2N2O3/c1-15-14-24(9-10-27(15)22(29)16-5-3-2-4-6-16)23(30)28-20(7-8-21(28)31-24)17-11-18(25)13-19(26)12-17/h2-6,11-13,15,20-21H,7-10,14H2,1H3/t15?,20-,21+,24?/m0/s1. The van der Waals surface area contributed by atoms with E-state index in [0.717, 1.165) is 6.07 Å². The maximum Gasteiger partial charge on any atom is 0.257 e. The highest BCUT2D eigenvalue weighted by Gasteiger charge is 2.59. The molecule has 5 rings (SSSR count). The van der Waals surface area contributed by atoms with Crippen molar-refractivity contribution >= 4 is 11.8 Å². The van der Waals surface area contributed by atoms with E-state index in [-0.39, 0.29) is 17.9 Å². The molecule has 7 heteroatoms. The van der Waals surface area contributed by atoms with Crippen LogP contribution in [0.5, 0.6) is 0 Å². The first-order chi connectivity index (χ1) is 14.9. The highest BCUT2D eigenvalue weighted by molar-refractivity contribution is 5.95. The van der Waals surface area contributed by atoms with Gasteiger partial charge in [0.05, 0.1) is 6.04 Å². The fraction of sp³-hybridized carbons (Fsp3) is 0.417. The Morgan fingerprint density at radius 3 is 2.48 bits per heavy atom. The molecule has 2 aromatic rings. The van der Waals surface area contributed by atoms with E-state index in [1.165, 1.54) is 12.1 Å². The highest BCUT2D eigenvalue weighted by Crippen LogP contribution is 2.48. The van der Waals surface area contributed by atoms with Gasteiger partial charge in [0.1, 0.15) is 17.9 Å². The summed E-state index contributed by atoms with van der Waals surface area (Å²) in [5.41, 5.74) is 0.0961. The number of likely N-dealkylation sites (tertiary alicyclic amines) is 1. The lowest BCUT2D eigenvalue weighted by Gasteiger charge is -2.42. The van der Waals surface area contributed by atoms with Gasteiger partial charge >= 0.3 is 0 Å². The Labute approximate surface area is 179 Å². The monoisotopic (exact) mass is 426 g/mol. The minimum atomic E-state index is -0.984. The van der Waals surface area contributed by atoms with Crippen molar-refractivity contribution in [3.63, 3.8) is 0 Å². The van der Waals surface area contributed by atoms with Crippen LogP contribution >= 0.6 is 0 Å². The van der Waals surface area contributed by atoms with E-state index in [1.54, 1.807) is 21.9 Å². The van der Waals surface area contributed by atoms with Gasteiger partial charge in [0.25, 0.3) is 11.8 Å². The molecule has 5 nitrogen and oxygen atoms in total. The first-order valence-corrected chi connectivity index (χ1v) is 10.7. The number of carbonyl (C=O) groups is 2. The molecular weight excluding hydrogens is 402 g/mol. The van der Waals surface area contributed by atoms with E-state index in [9.17, 15) is 18.4 Å². The number of benzene rings is 2. The maximum atomic E-state index is 13.8. The van der Waals surface area contributed by atoms with Crippen molar-refractivity contribution in [3.8, 4) is 0 Å². The number of nitrogens with zero attached hydrogens (tertiary/aromatic N) is 2. The van der Waals surface area contributed by atoms with Crippen molar-refractivity contribution in [2.75, 3.05) is 6.54 Å². The van der Waals surface area contributed by atoms with Gasteiger partial charge in [-0.05, 0) is 49.6 Å². The number of piperidine rings is 1. The van der Waals surface area contributed by atoms with Gasteiger partial charge in [-0.1, -0.05) is 18.2 Å². The van der Waals surface area contributed by atoms with Gasteiger partial charge in [-0.25, -0.2) is 8.78 Å². The predicted octanol–water partition coefficient (Wildman–Crippen LogP) is 4.05. The second-order valence-electron chi connectivity index (χ2n) is 8.74. The highest BCUT2D eigenvalue weighted by atomic mass is 19.1. The molecule has 2 amide bonds. The van der Waals surface area contributed by atoms with E-state index in [4.69, 9.17) is 4.74 Å². The molecule has 0 saturated carbocycles. The zero-order valence-electron chi connectivity index (χ0n) is 17.3. The fourth-order valence-corrected chi connectivity index (χ4v) is 5.37. The van der Waals surface area contributed by atoms with Crippen LogP contribution in [0.1, 0.15) is 54.6 Å². The van der Waals surface area contributed by atoms with Crippen molar-refractivity contribution in [1.82, 2.24) is 9.80 Å². The number of fused-ring (bicyclic) bond motifs is 1. The van der Waals surface area contributed by atoms with Gasteiger partial charge in [-0.3, -0.25) is 9.59 Å². The third-order valence-electron chi connectivity index (χ3n) is 6.78. The normalized spacial score (nSPS) is 30.2. The van der Waals surface area contributed by atoms with Crippen LogP contribution in [0.2, 0.25) is 0 Å². The minimum absolute atomic E-state index is 0.0537. The average molecular weight is 426 g/mol. The molecular formula is C24H24F2N2O3. The lowest BCUT2D eigenvalue weighted by atomic mass is 9.85. The molecule has 162 valence electrons. The number of halogens is 2. The summed E-state index contributed by atoms with van der Waals surface area (Å²) in [6.07, 6.45) is 1.64. The number of ether oxygens (including phenoxy) is 1. The van der Waals surface area contributed by atoms with Crippen molar-refractivity contribution in [2.24, 2.45) is 0 Å². The summed E-state index contributed by atoms with van der Waals surface area (Å²) in [6, 6.07) is 11.9. The van der Waals surface area contributed by atoms with Crippen LogP contribution in [0.25, 0.3) is 0 Å². The molecule has 3 aliphatic rings. The smallest absolute Gasteiger partial charge is 0.257 e. The van der Waals surface area contributed by atoms with Crippen LogP contribution < -0.4 is 0 Å². The molecule has 0 bridgehead atoms. The molecule has 3 saturated heterocycles. The minimum Gasteiger partial charge on any atom is -0.342 e. The molecule has 31 heavy (non-hydrogen) atoms. The molecule has 0 aliphatic carbocycles. The number of carbonyl (C=O) groups excluding carboxylic acids is 2. The topological polar surface area (TPSA) is 49.9 Å². The largest absolute Gasteiger partial charge is 0.342 e. The molecule has 1 spiro atoms. The zero-order chi connectivity index (χ0) is 21.8. The van der Waals surface area contributed by atoms with E-state index in [2.05, 4.69) is 0 Å². The Hall–Kier alpha value is -2.80. The van der Waals surface area contributed by atoms with E-state index < -0.39 is 29.5 Å². The van der Waals surface area contributed by atoms with E-state index in [0.29, 0.717) is 43.4 Å². The molecule has 2 aromatic carbocycles. The third-order valence-corrected chi connectivity index (χ3v) is 6.78. The zero-order valence-corrected chi connectivity index (χ0v) is 17.3. The number of hydrogen-bond donors (Lipinski definition) is 0. The summed E-state index contributed by atoms with van der Waals surface area (Å²) in [6.45, 7) is 2.35. The van der Waals surface area contributed by atoms with Gasteiger partial charge in [-0.15, -0.1) is 0 Å². The summed E-state index contributed by atoms with van der Waals surface area (Å²) in [7, 11) is 0. The number of hydrogen-bond acceptors (Lipinski definition) is 3. The molecule has 3 heterocycles. The van der Waals surface area contributed by atoms with Crippen LogP contribution in [0.4, 0.5) is 8.78 Å². The average Bonchev–Trinajstić information content (AvgIpc) is 3.26. The van der Waals surface area contributed by atoms with Gasteiger partial charge in [0.15, 0.2) is 5.60 Å². The van der Waals surface area contributed by atoms with Crippen LogP contribution in [0.3, 0.4) is 0 Å². The first kappa shape index (κ1) is 20.1. The summed E-state index contributed by atoms with van der Waals surface area (Å²) in [5, 5.41) is 0. The van der Waals surface area contributed by atoms with Crippen LogP contribution in [0.15, 0.2) is 48.5 Å². The van der Waals surface area contributed by atoms with Crippen LogP contribution in [-0.2, 0) is 9.53 Å². The SMILES string of the molecule is CC1CC2(CCN1C(=O)c1ccccc1)O[C@@H]1CC[C@@H](c3cc(F)cc(F)c3)N1C2=O. The quantitative estimate of drug-likeness (QED) is 0.728. The van der Waals surface area contributed by atoms with E-state index >= 15 is 0 Å². The Kier molecular flexibility index (Phi) is 4.81. The summed E-state index contributed by atoms with van der Waals surface area (Å²) < 4.78 is 33.8. The second kappa shape index (κ2) is 7.41. The predicted molar refractivity (Wildman–Crippen MR) is 109 cm³/mol. The Morgan fingerprint density at radius 1 is 1.10 bits per heavy atom. The van der Waals surface area contributed by atoms with Crippen molar-refractivity contribution in [1.29, 1.82) is 0 Å². The fourth-order valence-electron chi connectivity index (χ4n) is 5.37. The lowest BCUT2D eigenvalue weighted by molar-refractivity contribution is -0.144. The van der Waals surface area contributed by atoms with Crippen molar-refractivity contribution in [2.45, 2.75) is 56.5 Å². The molecule has 0 radical (unpaired) electrons. The van der Waals surface area contributed by atoms with Crippen LogP contribution in [-0.4, -0.2) is 46.0 Å². The molecule has 0 aromatic heterocycles. The summed E-state index contributed by atoms with van der Waals surface area (Å²) in [4.78, 5) is 29.9. The molecule has 0 N–H and O–H groups in total.